The zero-order valence-corrected chi connectivity index (χ0v) is 14.7. The molecule has 2 aliphatic rings. The van der Waals surface area contributed by atoms with Crippen molar-refractivity contribution < 1.29 is 9.90 Å². The fourth-order valence-electron chi connectivity index (χ4n) is 3.86. The number of aliphatic hydroxyl groups excluding tert-OH is 1. The summed E-state index contributed by atoms with van der Waals surface area (Å²) < 4.78 is 0. The van der Waals surface area contributed by atoms with Gasteiger partial charge >= 0.3 is 6.03 Å². The standard InChI is InChI=1S/C18H35N3O2/c1-15-6-2-4-12-21(15)13-5-3-11-19-18(23)20-17-9-7-16(14-22)8-10-17/h15-17,22H,2-14H2,1H3,(H2,19,20,23). The van der Waals surface area contributed by atoms with Crippen molar-refractivity contribution in [2.24, 2.45) is 5.92 Å². The summed E-state index contributed by atoms with van der Waals surface area (Å²) >= 11 is 0. The van der Waals surface area contributed by atoms with Gasteiger partial charge in [0.2, 0.25) is 0 Å². The van der Waals surface area contributed by atoms with Gasteiger partial charge in [-0.3, -0.25) is 0 Å². The first-order valence-corrected chi connectivity index (χ1v) is 9.58. The van der Waals surface area contributed by atoms with Gasteiger partial charge in [0, 0.05) is 25.2 Å². The van der Waals surface area contributed by atoms with Gasteiger partial charge in [0.25, 0.3) is 0 Å². The van der Waals surface area contributed by atoms with E-state index in [0.717, 1.165) is 57.7 Å². The SMILES string of the molecule is CC1CCCCN1CCCCNC(=O)NC1CCC(CO)CC1. The van der Waals surface area contributed by atoms with E-state index in [9.17, 15) is 4.79 Å². The Morgan fingerprint density at radius 1 is 1.13 bits per heavy atom. The van der Waals surface area contributed by atoms with Crippen LogP contribution in [0.3, 0.4) is 0 Å². The quantitative estimate of drug-likeness (QED) is 0.630. The molecule has 2 fully saturated rings. The molecule has 1 saturated carbocycles. The first-order valence-electron chi connectivity index (χ1n) is 9.58. The van der Waals surface area contributed by atoms with E-state index in [4.69, 9.17) is 5.11 Å². The lowest BCUT2D eigenvalue weighted by molar-refractivity contribution is 0.158. The molecule has 0 aromatic rings. The lowest BCUT2D eigenvalue weighted by Gasteiger charge is -2.33. The summed E-state index contributed by atoms with van der Waals surface area (Å²) in [5, 5.41) is 15.2. The highest BCUT2D eigenvalue weighted by Crippen LogP contribution is 2.23. The lowest BCUT2D eigenvalue weighted by Crippen LogP contribution is -2.44. The van der Waals surface area contributed by atoms with E-state index in [-0.39, 0.29) is 18.7 Å². The summed E-state index contributed by atoms with van der Waals surface area (Å²) in [6.45, 7) is 5.78. The minimum atomic E-state index is -0.0243. The van der Waals surface area contributed by atoms with Crippen LogP contribution in [0.5, 0.6) is 0 Å². The van der Waals surface area contributed by atoms with Crippen LogP contribution in [0.25, 0.3) is 0 Å². The van der Waals surface area contributed by atoms with Crippen molar-refractivity contribution in [3.63, 3.8) is 0 Å². The Bertz CT molecular complexity index is 343. The summed E-state index contributed by atoms with van der Waals surface area (Å²) in [6, 6.07) is 0.991. The van der Waals surface area contributed by atoms with Gasteiger partial charge in [-0.2, -0.15) is 0 Å². The molecule has 1 aliphatic carbocycles. The van der Waals surface area contributed by atoms with Crippen LogP contribution in [0.2, 0.25) is 0 Å². The highest BCUT2D eigenvalue weighted by Gasteiger charge is 2.21. The molecule has 134 valence electrons. The molecule has 0 radical (unpaired) electrons. The molecular formula is C18H35N3O2. The molecular weight excluding hydrogens is 290 g/mol. The van der Waals surface area contributed by atoms with Crippen LogP contribution >= 0.6 is 0 Å². The molecule has 5 nitrogen and oxygen atoms in total. The van der Waals surface area contributed by atoms with E-state index in [0.29, 0.717) is 5.92 Å². The van der Waals surface area contributed by atoms with Crippen LogP contribution in [0.1, 0.15) is 64.7 Å². The number of piperidine rings is 1. The maximum atomic E-state index is 11.9. The van der Waals surface area contributed by atoms with Crippen molar-refractivity contribution in [2.45, 2.75) is 76.8 Å². The van der Waals surface area contributed by atoms with E-state index in [1.807, 2.05) is 0 Å². The lowest BCUT2D eigenvalue weighted by atomic mass is 9.87. The summed E-state index contributed by atoms with van der Waals surface area (Å²) in [4.78, 5) is 14.5. The third-order valence-corrected chi connectivity index (χ3v) is 5.54. The molecule has 1 unspecified atom stereocenters. The second-order valence-electron chi connectivity index (χ2n) is 7.39. The molecule has 0 spiro atoms. The van der Waals surface area contributed by atoms with Crippen LogP contribution in [-0.2, 0) is 0 Å². The zero-order chi connectivity index (χ0) is 16.5. The molecule has 0 bridgehead atoms. The Morgan fingerprint density at radius 2 is 1.91 bits per heavy atom. The first-order chi connectivity index (χ1) is 11.2. The van der Waals surface area contributed by atoms with Gasteiger partial charge in [0.1, 0.15) is 0 Å². The van der Waals surface area contributed by atoms with E-state index in [1.165, 1.54) is 25.8 Å². The first kappa shape index (κ1) is 18.5. The summed E-state index contributed by atoms with van der Waals surface area (Å²) in [5.74, 6) is 0.438. The van der Waals surface area contributed by atoms with Crippen LogP contribution in [0.4, 0.5) is 4.79 Å². The highest BCUT2D eigenvalue weighted by molar-refractivity contribution is 5.74. The van der Waals surface area contributed by atoms with Gasteiger partial charge in [-0.15, -0.1) is 0 Å². The van der Waals surface area contributed by atoms with Crippen LogP contribution in [-0.4, -0.2) is 54.4 Å². The number of urea groups is 1. The second-order valence-corrected chi connectivity index (χ2v) is 7.39. The molecule has 1 heterocycles. The monoisotopic (exact) mass is 325 g/mol. The Kier molecular flexibility index (Phi) is 8.17. The van der Waals surface area contributed by atoms with E-state index in [1.54, 1.807) is 0 Å². The Morgan fingerprint density at radius 3 is 2.61 bits per heavy atom. The number of nitrogens with one attached hydrogen (secondary N) is 2. The predicted octanol–water partition coefficient (Wildman–Crippen LogP) is 2.49. The Balaban J connectivity index is 1.48. The number of carbonyl (C=O) groups is 1. The minimum Gasteiger partial charge on any atom is -0.396 e. The number of unbranched alkanes of at least 4 members (excludes halogenated alkanes) is 1. The number of hydrogen-bond donors (Lipinski definition) is 3. The van der Waals surface area contributed by atoms with Crippen molar-refractivity contribution in [1.82, 2.24) is 15.5 Å². The van der Waals surface area contributed by atoms with E-state index < -0.39 is 0 Å². The van der Waals surface area contributed by atoms with Gasteiger partial charge in [-0.1, -0.05) is 6.42 Å². The number of hydrogen-bond acceptors (Lipinski definition) is 3. The number of nitrogens with zero attached hydrogens (tertiary/aromatic N) is 1. The maximum absolute atomic E-state index is 11.9. The Labute approximate surface area is 141 Å². The zero-order valence-electron chi connectivity index (χ0n) is 14.7. The average molecular weight is 325 g/mol. The number of rotatable bonds is 7. The molecule has 0 aromatic carbocycles. The predicted molar refractivity (Wildman–Crippen MR) is 93.5 cm³/mol. The fourth-order valence-corrected chi connectivity index (χ4v) is 3.86. The van der Waals surface area contributed by atoms with Crippen molar-refractivity contribution in [1.29, 1.82) is 0 Å². The molecule has 2 rings (SSSR count). The number of likely N-dealkylation sites (tertiary alicyclic amines) is 1. The minimum absolute atomic E-state index is 0.0243. The largest absolute Gasteiger partial charge is 0.396 e. The molecule has 2 amide bonds. The summed E-state index contributed by atoms with van der Waals surface area (Å²) in [5.41, 5.74) is 0. The smallest absolute Gasteiger partial charge is 0.315 e. The van der Waals surface area contributed by atoms with Gasteiger partial charge in [-0.25, -0.2) is 4.79 Å². The van der Waals surface area contributed by atoms with Gasteiger partial charge in [-0.05, 0) is 77.3 Å². The van der Waals surface area contributed by atoms with Crippen molar-refractivity contribution in [3.8, 4) is 0 Å². The average Bonchev–Trinajstić information content (AvgIpc) is 2.57. The van der Waals surface area contributed by atoms with Gasteiger partial charge < -0.3 is 20.6 Å². The van der Waals surface area contributed by atoms with Crippen molar-refractivity contribution >= 4 is 6.03 Å². The van der Waals surface area contributed by atoms with Gasteiger partial charge in [0.15, 0.2) is 0 Å². The summed E-state index contributed by atoms with van der Waals surface area (Å²) in [6.07, 6.45) is 10.3. The van der Waals surface area contributed by atoms with Crippen molar-refractivity contribution in [3.05, 3.63) is 0 Å². The molecule has 5 heteroatoms. The maximum Gasteiger partial charge on any atom is 0.315 e. The second kappa shape index (κ2) is 10.1. The van der Waals surface area contributed by atoms with E-state index >= 15 is 0 Å². The number of carbonyl (C=O) groups excluding carboxylic acids is 1. The Hall–Kier alpha value is -0.810. The third kappa shape index (κ3) is 6.68. The normalized spacial score (nSPS) is 29.2. The molecule has 1 aliphatic heterocycles. The van der Waals surface area contributed by atoms with Gasteiger partial charge in [0.05, 0.1) is 0 Å². The van der Waals surface area contributed by atoms with Crippen LogP contribution in [0, 0.1) is 5.92 Å². The van der Waals surface area contributed by atoms with Crippen LogP contribution < -0.4 is 10.6 Å². The topological polar surface area (TPSA) is 64.6 Å². The molecule has 0 aromatic heterocycles. The van der Waals surface area contributed by atoms with E-state index in [2.05, 4.69) is 22.5 Å². The molecule has 23 heavy (non-hydrogen) atoms. The van der Waals surface area contributed by atoms with Crippen molar-refractivity contribution in [2.75, 3.05) is 26.2 Å². The fraction of sp³-hybridized carbons (Fsp3) is 0.944. The molecule has 3 N–H and O–H groups in total. The summed E-state index contributed by atoms with van der Waals surface area (Å²) in [7, 11) is 0. The van der Waals surface area contributed by atoms with Crippen LogP contribution in [0.15, 0.2) is 0 Å². The third-order valence-electron chi connectivity index (χ3n) is 5.54. The number of aliphatic hydroxyl groups is 1. The molecule has 1 atom stereocenters. The molecule has 1 saturated heterocycles. The highest BCUT2D eigenvalue weighted by atomic mass is 16.3. The number of amides is 2.